The zero-order valence-electron chi connectivity index (χ0n) is 27.9. The minimum Gasteiger partial charge on any atom is -0.444 e. The molecule has 4 aliphatic rings. The van der Waals surface area contributed by atoms with Gasteiger partial charge < -0.3 is 29.2 Å². The van der Waals surface area contributed by atoms with E-state index in [1.165, 1.54) is 6.42 Å². The topological polar surface area (TPSA) is 135 Å². The molecule has 3 amide bonds. The van der Waals surface area contributed by atoms with Gasteiger partial charge in [0.25, 0.3) is 5.91 Å². The highest BCUT2D eigenvalue weighted by molar-refractivity contribution is 5.98. The average molecular weight is 645 g/mol. The summed E-state index contributed by atoms with van der Waals surface area (Å²) in [7, 11) is 3.53. The molecule has 1 spiro atoms. The molecular formula is C34H44N8O5. The normalized spacial score (nSPS) is 24.6. The lowest BCUT2D eigenvalue weighted by atomic mass is 9.86. The maximum atomic E-state index is 13.1. The molecule has 3 saturated heterocycles. The summed E-state index contributed by atoms with van der Waals surface area (Å²) in [5.41, 5.74) is 0.777. The third kappa shape index (κ3) is 5.96. The molecule has 6 heterocycles. The SMILES string of the molecule is CN(C)C(=O)c1cc2cnc(Nc3ccc(N4CC5(C[C@H]6CC[C@@H](C5)N6C(=O)OC(C)(C)C)OC4=O)cn3)nc2n1C1CCCCC1. The van der Waals surface area contributed by atoms with Crippen LogP contribution in [0.5, 0.6) is 0 Å². The molecule has 1 saturated carbocycles. The summed E-state index contributed by atoms with van der Waals surface area (Å²) in [6.07, 6.45) is 11.1. The molecule has 3 aromatic rings. The van der Waals surface area contributed by atoms with Crippen LogP contribution in [0.1, 0.15) is 95.1 Å². The van der Waals surface area contributed by atoms with E-state index in [1.54, 1.807) is 42.4 Å². The van der Waals surface area contributed by atoms with Crippen molar-refractivity contribution in [3.8, 4) is 0 Å². The Bertz CT molecular complexity index is 1680. The molecule has 3 aromatic heterocycles. The lowest BCUT2D eigenvalue weighted by Crippen LogP contribution is -2.55. The number of nitrogens with zero attached hydrogens (tertiary/aromatic N) is 7. The van der Waals surface area contributed by atoms with Crippen molar-refractivity contribution in [2.45, 2.75) is 108 Å². The van der Waals surface area contributed by atoms with Crippen molar-refractivity contribution in [3.63, 3.8) is 0 Å². The molecule has 4 fully saturated rings. The van der Waals surface area contributed by atoms with E-state index in [0.717, 1.165) is 49.6 Å². The second-order valence-corrected chi connectivity index (χ2v) is 14.7. The lowest BCUT2D eigenvalue weighted by Gasteiger charge is -2.43. The second-order valence-electron chi connectivity index (χ2n) is 14.7. The fourth-order valence-corrected chi connectivity index (χ4v) is 7.86. The molecule has 1 unspecified atom stereocenters. The van der Waals surface area contributed by atoms with Crippen LogP contribution in [0.4, 0.5) is 27.0 Å². The first kappa shape index (κ1) is 31.2. The minimum atomic E-state index is -0.651. The molecule has 0 radical (unpaired) electrons. The van der Waals surface area contributed by atoms with E-state index in [1.807, 2.05) is 37.8 Å². The average Bonchev–Trinajstić information content (AvgIpc) is 3.65. The van der Waals surface area contributed by atoms with Crippen LogP contribution in [-0.4, -0.2) is 91.3 Å². The number of piperidine rings is 1. The van der Waals surface area contributed by atoms with Gasteiger partial charge >= 0.3 is 12.2 Å². The highest BCUT2D eigenvalue weighted by Gasteiger charge is 2.57. The van der Waals surface area contributed by atoms with Crippen LogP contribution in [-0.2, 0) is 9.47 Å². The van der Waals surface area contributed by atoms with Crippen molar-refractivity contribution in [1.29, 1.82) is 0 Å². The standard InChI is InChI=1S/C34H44N8O5/c1-33(2,3)46-32(45)41-23-11-12-24(41)17-34(16-23)20-40(31(44)47-34)25-13-14-27(35-19-25)37-30-36-18-21-15-26(29(43)39(4)5)42(28(21)38-30)22-9-7-6-8-10-22/h13-15,18-19,22-24H,6-12,16-17,20H2,1-5H3,(H,35,36,37,38)/t23-,24+,34?. The molecular weight excluding hydrogens is 600 g/mol. The zero-order chi connectivity index (χ0) is 33.1. The maximum absolute atomic E-state index is 13.1. The highest BCUT2D eigenvalue weighted by atomic mass is 16.6. The van der Waals surface area contributed by atoms with Crippen LogP contribution >= 0.6 is 0 Å². The van der Waals surface area contributed by atoms with E-state index in [9.17, 15) is 14.4 Å². The van der Waals surface area contributed by atoms with Gasteiger partial charge in [-0.1, -0.05) is 19.3 Å². The zero-order valence-corrected chi connectivity index (χ0v) is 27.9. The molecule has 1 aliphatic carbocycles. The fourth-order valence-electron chi connectivity index (χ4n) is 7.86. The van der Waals surface area contributed by atoms with E-state index >= 15 is 0 Å². The Labute approximate surface area is 274 Å². The Hall–Kier alpha value is -4.42. The quantitative estimate of drug-likeness (QED) is 0.353. The number of anilines is 3. The smallest absolute Gasteiger partial charge is 0.415 e. The number of pyridine rings is 1. The van der Waals surface area contributed by atoms with Crippen LogP contribution in [0.15, 0.2) is 30.6 Å². The molecule has 3 aliphatic heterocycles. The van der Waals surface area contributed by atoms with Crippen molar-refractivity contribution in [1.82, 2.24) is 29.3 Å². The fraction of sp³-hybridized carbons (Fsp3) is 0.588. The van der Waals surface area contributed by atoms with E-state index < -0.39 is 17.3 Å². The Kier molecular flexibility index (Phi) is 7.75. The van der Waals surface area contributed by atoms with E-state index in [0.29, 0.717) is 42.5 Å². The van der Waals surface area contributed by atoms with Crippen LogP contribution < -0.4 is 10.2 Å². The third-order valence-electron chi connectivity index (χ3n) is 9.85. The van der Waals surface area contributed by atoms with Gasteiger partial charge in [0.15, 0.2) is 0 Å². The van der Waals surface area contributed by atoms with Crippen molar-refractivity contribution < 1.29 is 23.9 Å². The molecule has 7 rings (SSSR count). The number of fused-ring (bicyclic) bond motifs is 3. The number of hydrogen-bond acceptors (Lipinski definition) is 9. The number of rotatable bonds is 5. The first-order valence-corrected chi connectivity index (χ1v) is 16.7. The molecule has 47 heavy (non-hydrogen) atoms. The Morgan fingerprint density at radius 2 is 1.72 bits per heavy atom. The number of nitrogens with one attached hydrogen (secondary N) is 1. The molecule has 13 heteroatoms. The lowest BCUT2D eigenvalue weighted by molar-refractivity contribution is -0.0424. The predicted molar refractivity (Wildman–Crippen MR) is 176 cm³/mol. The second kappa shape index (κ2) is 11.7. The first-order chi connectivity index (χ1) is 22.4. The Morgan fingerprint density at radius 1 is 1.00 bits per heavy atom. The van der Waals surface area contributed by atoms with Crippen LogP contribution in [0.25, 0.3) is 11.0 Å². The largest absolute Gasteiger partial charge is 0.444 e. The number of carbonyl (C=O) groups excluding carboxylic acids is 3. The summed E-state index contributed by atoms with van der Waals surface area (Å²) in [5.74, 6) is 0.853. The van der Waals surface area contributed by atoms with Gasteiger partial charge in [-0.05, 0) is 64.7 Å². The number of amides is 3. The summed E-state index contributed by atoms with van der Waals surface area (Å²) < 4.78 is 13.8. The Morgan fingerprint density at radius 3 is 2.36 bits per heavy atom. The van der Waals surface area contributed by atoms with Gasteiger partial charge in [-0.15, -0.1) is 0 Å². The summed E-state index contributed by atoms with van der Waals surface area (Å²) in [4.78, 5) is 58.2. The monoisotopic (exact) mass is 644 g/mol. The summed E-state index contributed by atoms with van der Waals surface area (Å²) in [6.45, 7) is 6.02. The predicted octanol–water partition coefficient (Wildman–Crippen LogP) is 6.03. The number of carbonyl (C=O) groups is 3. The molecule has 13 nitrogen and oxygen atoms in total. The van der Waals surface area contributed by atoms with Crippen LogP contribution in [0, 0.1) is 0 Å². The van der Waals surface area contributed by atoms with E-state index in [-0.39, 0.29) is 30.1 Å². The number of hydrogen-bond donors (Lipinski definition) is 1. The molecule has 1 N–H and O–H groups in total. The van der Waals surface area contributed by atoms with Crippen molar-refractivity contribution in [2.24, 2.45) is 0 Å². The van der Waals surface area contributed by atoms with Gasteiger partial charge in [-0.2, -0.15) is 4.98 Å². The minimum absolute atomic E-state index is 0.0188. The van der Waals surface area contributed by atoms with Gasteiger partial charge in [0.2, 0.25) is 5.95 Å². The number of aromatic nitrogens is 4. The maximum Gasteiger partial charge on any atom is 0.415 e. The van der Waals surface area contributed by atoms with Crippen LogP contribution in [0.2, 0.25) is 0 Å². The van der Waals surface area contributed by atoms with Gasteiger partial charge in [0, 0.05) is 56.6 Å². The summed E-state index contributed by atoms with van der Waals surface area (Å²) in [6, 6.07) is 5.68. The van der Waals surface area contributed by atoms with Gasteiger partial charge in [0.05, 0.1) is 18.4 Å². The molecule has 2 bridgehead atoms. The summed E-state index contributed by atoms with van der Waals surface area (Å²) >= 11 is 0. The highest BCUT2D eigenvalue weighted by Crippen LogP contribution is 2.46. The summed E-state index contributed by atoms with van der Waals surface area (Å²) in [5, 5.41) is 4.02. The first-order valence-electron chi connectivity index (χ1n) is 16.7. The molecule has 250 valence electrons. The van der Waals surface area contributed by atoms with Crippen molar-refractivity contribution in [3.05, 3.63) is 36.3 Å². The van der Waals surface area contributed by atoms with Gasteiger partial charge in [0.1, 0.15) is 28.4 Å². The van der Waals surface area contributed by atoms with Crippen molar-refractivity contribution >= 4 is 46.6 Å². The molecule has 3 atom stereocenters. The van der Waals surface area contributed by atoms with Gasteiger partial charge in [-0.3, -0.25) is 9.69 Å². The van der Waals surface area contributed by atoms with Crippen LogP contribution in [0.3, 0.4) is 0 Å². The van der Waals surface area contributed by atoms with E-state index in [4.69, 9.17) is 14.5 Å². The van der Waals surface area contributed by atoms with Crippen molar-refractivity contribution in [2.75, 3.05) is 30.9 Å². The Balaban J connectivity index is 1.06. The van der Waals surface area contributed by atoms with E-state index in [2.05, 4.69) is 19.9 Å². The van der Waals surface area contributed by atoms with Gasteiger partial charge in [-0.25, -0.2) is 19.6 Å². The number of ether oxygens (including phenoxy) is 2. The third-order valence-corrected chi connectivity index (χ3v) is 9.85. The molecule has 0 aromatic carbocycles.